The first-order chi connectivity index (χ1) is 14.7. The highest BCUT2D eigenvalue weighted by Crippen LogP contribution is 2.27. The van der Waals surface area contributed by atoms with E-state index in [1.54, 1.807) is 0 Å². The normalized spacial score (nSPS) is 15.6. The van der Waals surface area contributed by atoms with Crippen LogP contribution in [0.5, 0.6) is 0 Å². The summed E-state index contributed by atoms with van der Waals surface area (Å²) in [7, 11) is 0. The molecule has 0 saturated carbocycles. The fraction of sp³-hybridized carbons (Fsp3) is 0.381. The van der Waals surface area contributed by atoms with Crippen LogP contribution in [0.15, 0.2) is 36.4 Å². The zero-order valence-electron chi connectivity index (χ0n) is 16.9. The van der Waals surface area contributed by atoms with Crippen molar-refractivity contribution in [2.24, 2.45) is 0 Å². The molecule has 2 N–H and O–H groups in total. The smallest absolute Gasteiger partial charge is 0.390 e. The number of benzene rings is 1. The Morgan fingerprint density at radius 3 is 2.71 bits per heavy atom. The van der Waals surface area contributed by atoms with E-state index in [0.29, 0.717) is 6.54 Å². The third kappa shape index (κ3) is 4.54. The molecule has 0 spiro atoms. The minimum atomic E-state index is -4.59. The fourth-order valence-electron chi connectivity index (χ4n) is 3.78. The third-order valence-corrected chi connectivity index (χ3v) is 5.38. The van der Waals surface area contributed by atoms with E-state index in [-0.39, 0.29) is 23.6 Å². The molecule has 3 aromatic rings. The van der Waals surface area contributed by atoms with Crippen molar-refractivity contribution in [3.8, 4) is 0 Å². The first-order valence-corrected chi connectivity index (χ1v) is 9.91. The SMILES string of the molecule is Cc1c(C(=O)NCC(O)CN2CCc3ccccc3C2)nc2ccc(C(F)(F)F)nn12. The second-order valence-electron chi connectivity index (χ2n) is 7.65. The number of nitrogens with zero attached hydrogens (tertiary/aromatic N) is 4. The van der Waals surface area contributed by atoms with E-state index in [1.165, 1.54) is 24.1 Å². The lowest BCUT2D eigenvalue weighted by Gasteiger charge is -2.30. The highest BCUT2D eigenvalue weighted by Gasteiger charge is 2.33. The van der Waals surface area contributed by atoms with Gasteiger partial charge >= 0.3 is 6.18 Å². The summed E-state index contributed by atoms with van der Waals surface area (Å²) in [6, 6.07) is 10.2. The first-order valence-electron chi connectivity index (χ1n) is 9.91. The number of rotatable bonds is 5. The Morgan fingerprint density at radius 2 is 1.97 bits per heavy atom. The van der Waals surface area contributed by atoms with Crippen molar-refractivity contribution in [3.63, 3.8) is 0 Å². The third-order valence-electron chi connectivity index (χ3n) is 5.38. The highest BCUT2D eigenvalue weighted by atomic mass is 19.4. The zero-order valence-corrected chi connectivity index (χ0v) is 16.9. The van der Waals surface area contributed by atoms with Crippen molar-refractivity contribution < 1.29 is 23.1 Å². The van der Waals surface area contributed by atoms with Crippen LogP contribution in [0.25, 0.3) is 5.65 Å². The molecular formula is C21H22F3N5O2. The van der Waals surface area contributed by atoms with E-state index in [0.717, 1.165) is 30.1 Å². The molecule has 1 unspecified atom stereocenters. The number of carbonyl (C=O) groups excluding carboxylic acids is 1. The Morgan fingerprint density at radius 1 is 1.23 bits per heavy atom. The molecule has 0 aliphatic carbocycles. The lowest BCUT2D eigenvalue weighted by molar-refractivity contribution is -0.141. The van der Waals surface area contributed by atoms with Crippen molar-refractivity contribution in [1.29, 1.82) is 0 Å². The molecule has 2 aromatic heterocycles. The minimum absolute atomic E-state index is 0.00548. The van der Waals surface area contributed by atoms with Gasteiger partial charge in [0.25, 0.3) is 5.91 Å². The molecule has 0 saturated heterocycles. The summed E-state index contributed by atoms with van der Waals surface area (Å²) in [6.45, 7) is 3.44. The average molecular weight is 433 g/mol. The average Bonchev–Trinajstić information content (AvgIpc) is 3.07. The summed E-state index contributed by atoms with van der Waals surface area (Å²) in [6.07, 6.45) is -4.48. The van der Waals surface area contributed by atoms with Crippen LogP contribution in [0.2, 0.25) is 0 Å². The van der Waals surface area contributed by atoms with Crippen LogP contribution >= 0.6 is 0 Å². The molecule has 0 radical (unpaired) electrons. The maximum Gasteiger partial charge on any atom is 0.435 e. The second kappa shape index (κ2) is 8.27. The van der Waals surface area contributed by atoms with Gasteiger partial charge in [-0.05, 0) is 36.6 Å². The van der Waals surface area contributed by atoms with Crippen molar-refractivity contribution in [2.45, 2.75) is 32.2 Å². The van der Waals surface area contributed by atoms with Gasteiger partial charge in [-0.25, -0.2) is 9.50 Å². The second-order valence-corrected chi connectivity index (χ2v) is 7.65. The van der Waals surface area contributed by atoms with Gasteiger partial charge in [0.15, 0.2) is 17.0 Å². The summed E-state index contributed by atoms with van der Waals surface area (Å²) in [5, 5.41) is 16.5. The van der Waals surface area contributed by atoms with Gasteiger partial charge in [-0.15, -0.1) is 0 Å². The number of aliphatic hydroxyl groups excluding tert-OH is 1. The standard InChI is InChI=1S/C21H22F3N5O2/c1-13-19(26-18-7-6-17(21(22,23)24)27-29(13)18)20(31)25-10-16(30)12-28-9-8-14-4-2-3-5-15(14)11-28/h2-7,16,30H,8-12H2,1H3,(H,25,31). The van der Waals surface area contributed by atoms with Crippen LogP contribution in [0, 0.1) is 6.92 Å². The number of aromatic nitrogens is 3. The number of hydrogen-bond acceptors (Lipinski definition) is 5. The van der Waals surface area contributed by atoms with E-state index in [1.807, 2.05) is 12.1 Å². The van der Waals surface area contributed by atoms with Gasteiger partial charge in [0.05, 0.1) is 11.8 Å². The van der Waals surface area contributed by atoms with E-state index < -0.39 is 23.9 Å². The molecule has 4 rings (SSSR count). The lowest BCUT2D eigenvalue weighted by Crippen LogP contribution is -2.42. The molecule has 7 nitrogen and oxygen atoms in total. The number of fused-ring (bicyclic) bond motifs is 2. The van der Waals surface area contributed by atoms with Gasteiger partial charge in [-0.2, -0.15) is 18.3 Å². The van der Waals surface area contributed by atoms with Crippen molar-refractivity contribution >= 4 is 11.6 Å². The van der Waals surface area contributed by atoms with Crippen LogP contribution in [-0.2, 0) is 19.1 Å². The van der Waals surface area contributed by atoms with Crippen LogP contribution in [0.1, 0.15) is 33.0 Å². The maximum atomic E-state index is 12.9. The van der Waals surface area contributed by atoms with Gasteiger partial charge in [0, 0.05) is 26.2 Å². The Bertz CT molecular complexity index is 1110. The van der Waals surface area contributed by atoms with E-state index in [4.69, 9.17) is 0 Å². The zero-order chi connectivity index (χ0) is 22.2. The van der Waals surface area contributed by atoms with E-state index in [9.17, 15) is 23.1 Å². The summed E-state index contributed by atoms with van der Waals surface area (Å²) in [5.41, 5.74) is 1.79. The monoisotopic (exact) mass is 433 g/mol. The Labute approximate surface area is 176 Å². The topological polar surface area (TPSA) is 82.8 Å². The molecule has 1 amide bonds. The molecule has 0 fully saturated rings. The molecule has 0 bridgehead atoms. The summed E-state index contributed by atoms with van der Waals surface area (Å²) in [4.78, 5) is 18.7. The number of β-amino-alcohol motifs (C(OH)–C–C–N with tert-alkyl or cyclic N) is 1. The largest absolute Gasteiger partial charge is 0.435 e. The predicted octanol–water partition coefficient (Wildman–Crippen LogP) is 2.21. The number of aryl methyl sites for hydroxylation is 1. The molecule has 31 heavy (non-hydrogen) atoms. The number of aliphatic hydroxyl groups is 1. The van der Waals surface area contributed by atoms with Crippen molar-refractivity contribution in [2.75, 3.05) is 19.6 Å². The molecule has 1 atom stereocenters. The predicted molar refractivity (Wildman–Crippen MR) is 106 cm³/mol. The maximum absolute atomic E-state index is 12.9. The number of alkyl halides is 3. The van der Waals surface area contributed by atoms with Crippen LogP contribution in [-0.4, -0.2) is 56.2 Å². The van der Waals surface area contributed by atoms with Crippen LogP contribution in [0.3, 0.4) is 0 Å². The minimum Gasteiger partial charge on any atom is -0.390 e. The first kappa shape index (κ1) is 21.3. The quantitative estimate of drug-likeness (QED) is 0.645. The number of carbonyl (C=O) groups is 1. The van der Waals surface area contributed by atoms with Crippen LogP contribution < -0.4 is 5.32 Å². The Balaban J connectivity index is 1.37. The van der Waals surface area contributed by atoms with Crippen LogP contribution in [0.4, 0.5) is 13.2 Å². The Hall–Kier alpha value is -2.98. The number of imidazole rings is 1. The number of nitrogens with one attached hydrogen (secondary N) is 1. The van der Waals surface area contributed by atoms with Gasteiger partial charge in [0.1, 0.15) is 0 Å². The number of halogens is 3. The van der Waals surface area contributed by atoms with Gasteiger partial charge < -0.3 is 10.4 Å². The molecular weight excluding hydrogens is 411 g/mol. The molecule has 10 heteroatoms. The van der Waals surface area contributed by atoms with E-state index >= 15 is 0 Å². The molecule has 1 aliphatic rings. The van der Waals surface area contributed by atoms with E-state index in [2.05, 4.69) is 32.4 Å². The molecule has 1 aromatic carbocycles. The number of amides is 1. The molecule has 1 aliphatic heterocycles. The summed E-state index contributed by atoms with van der Waals surface area (Å²) >= 11 is 0. The number of hydrogen-bond donors (Lipinski definition) is 2. The fourth-order valence-corrected chi connectivity index (χ4v) is 3.78. The molecule has 164 valence electrons. The van der Waals surface area contributed by atoms with Crippen molar-refractivity contribution in [3.05, 3.63) is 64.6 Å². The summed E-state index contributed by atoms with van der Waals surface area (Å²) < 4.78 is 39.7. The lowest BCUT2D eigenvalue weighted by atomic mass is 10.00. The van der Waals surface area contributed by atoms with Crippen molar-refractivity contribution in [1.82, 2.24) is 24.8 Å². The van der Waals surface area contributed by atoms with Gasteiger partial charge in [0.2, 0.25) is 0 Å². The summed E-state index contributed by atoms with van der Waals surface area (Å²) in [5.74, 6) is -0.570. The van der Waals surface area contributed by atoms with Gasteiger partial charge in [-0.1, -0.05) is 24.3 Å². The highest BCUT2D eigenvalue weighted by molar-refractivity contribution is 5.94. The molecule has 3 heterocycles. The van der Waals surface area contributed by atoms with Gasteiger partial charge in [-0.3, -0.25) is 9.69 Å². The Kier molecular flexibility index (Phi) is 5.67.